The van der Waals surface area contributed by atoms with Gasteiger partial charge in [-0.1, -0.05) is 35.4 Å². The van der Waals surface area contributed by atoms with Gasteiger partial charge in [-0.05, 0) is 31.4 Å². The second-order valence-corrected chi connectivity index (χ2v) is 8.91. The lowest BCUT2D eigenvalue weighted by atomic mass is 10.1. The van der Waals surface area contributed by atoms with Crippen LogP contribution < -0.4 is 10.1 Å². The summed E-state index contributed by atoms with van der Waals surface area (Å²) in [5.74, 6) is 2.01. The van der Waals surface area contributed by atoms with Crippen LogP contribution in [0.4, 0.5) is 5.69 Å². The number of hydrogen-bond acceptors (Lipinski definition) is 4. The molecule has 4 nitrogen and oxygen atoms in total. The van der Waals surface area contributed by atoms with Crippen LogP contribution in [0.15, 0.2) is 23.2 Å². The van der Waals surface area contributed by atoms with Gasteiger partial charge in [0.25, 0.3) is 0 Å². The van der Waals surface area contributed by atoms with Gasteiger partial charge in [0.05, 0.1) is 30.0 Å². The Balaban J connectivity index is 1.67. The molecule has 1 aliphatic heterocycles. The standard InChI is InChI=1S/C19H24IN3OS/c1-24-15-8-12-9-17(19-22-14(6-7-20)11-25-19)23-18(12)16(10-15)21-13-4-2-3-5-13/h8-10,13-14,21,23H,2-7,11H2,1H3. The van der Waals surface area contributed by atoms with E-state index in [0.717, 1.165) is 27.9 Å². The van der Waals surface area contributed by atoms with Crippen molar-refractivity contribution in [2.45, 2.75) is 44.2 Å². The maximum atomic E-state index is 5.52. The number of halogens is 1. The van der Waals surface area contributed by atoms with Crippen molar-refractivity contribution in [3.05, 3.63) is 23.9 Å². The van der Waals surface area contributed by atoms with E-state index in [-0.39, 0.29) is 0 Å². The number of anilines is 1. The number of aliphatic imine (C=N–C) groups is 1. The fourth-order valence-corrected chi connectivity index (χ4v) is 5.49. The molecule has 2 aromatic rings. The zero-order valence-electron chi connectivity index (χ0n) is 14.5. The molecule has 0 amide bonds. The Bertz CT molecular complexity index is 782. The van der Waals surface area contributed by atoms with E-state index in [0.29, 0.717) is 12.1 Å². The summed E-state index contributed by atoms with van der Waals surface area (Å²) in [6.45, 7) is 0. The van der Waals surface area contributed by atoms with Gasteiger partial charge in [0.2, 0.25) is 0 Å². The van der Waals surface area contributed by atoms with Crippen LogP contribution in [0.3, 0.4) is 0 Å². The lowest BCUT2D eigenvalue weighted by Crippen LogP contribution is -2.14. The monoisotopic (exact) mass is 469 g/mol. The van der Waals surface area contributed by atoms with Crippen molar-refractivity contribution in [3.63, 3.8) is 0 Å². The average molecular weight is 469 g/mol. The van der Waals surface area contributed by atoms with Crippen molar-refractivity contribution in [2.24, 2.45) is 4.99 Å². The SMILES string of the molecule is COc1cc(NC2CCCC2)c2[nH]c(C3=NC(CCI)CS3)cc2c1. The summed E-state index contributed by atoms with van der Waals surface area (Å²) in [6, 6.07) is 7.49. The van der Waals surface area contributed by atoms with E-state index in [9.17, 15) is 0 Å². The van der Waals surface area contributed by atoms with Gasteiger partial charge in [0.1, 0.15) is 10.8 Å². The number of alkyl halides is 1. The molecule has 2 N–H and O–H groups in total. The second-order valence-electron chi connectivity index (χ2n) is 6.82. The third-order valence-corrected chi connectivity index (χ3v) is 6.81. The van der Waals surface area contributed by atoms with Crippen molar-refractivity contribution < 1.29 is 4.74 Å². The smallest absolute Gasteiger partial charge is 0.121 e. The molecule has 1 aliphatic carbocycles. The number of benzene rings is 1. The van der Waals surface area contributed by atoms with Gasteiger partial charge in [0, 0.05) is 27.7 Å². The van der Waals surface area contributed by atoms with Crippen LogP contribution in [-0.4, -0.2) is 39.4 Å². The number of ether oxygens (including phenoxy) is 1. The normalized spacial score (nSPS) is 21.0. The molecule has 134 valence electrons. The lowest BCUT2D eigenvalue weighted by Gasteiger charge is -2.15. The summed E-state index contributed by atoms with van der Waals surface area (Å²) in [7, 11) is 1.74. The average Bonchev–Trinajstić information content (AvgIpc) is 3.34. The number of nitrogens with zero attached hydrogens (tertiary/aromatic N) is 1. The highest BCUT2D eigenvalue weighted by atomic mass is 127. The number of methoxy groups -OCH3 is 1. The maximum Gasteiger partial charge on any atom is 0.121 e. The Labute approximate surface area is 166 Å². The number of H-pyrrole nitrogens is 1. The van der Waals surface area contributed by atoms with Crippen molar-refractivity contribution in [1.82, 2.24) is 4.98 Å². The summed E-state index contributed by atoms with van der Waals surface area (Å²) >= 11 is 4.31. The van der Waals surface area contributed by atoms with Gasteiger partial charge in [-0.25, -0.2) is 0 Å². The third kappa shape index (κ3) is 3.79. The number of aromatic nitrogens is 1. The van der Waals surface area contributed by atoms with E-state index < -0.39 is 0 Å². The van der Waals surface area contributed by atoms with Crippen LogP contribution in [0.25, 0.3) is 10.9 Å². The van der Waals surface area contributed by atoms with Gasteiger partial charge in [-0.15, -0.1) is 11.8 Å². The van der Waals surface area contributed by atoms with E-state index in [2.05, 4.69) is 51.1 Å². The largest absolute Gasteiger partial charge is 0.497 e. The minimum absolute atomic E-state index is 0.467. The van der Waals surface area contributed by atoms with Crippen LogP contribution in [0.5, 0.6) is 5.75 Å². The van der Waals surface area contributed by atoms with Gasteiger partial charge < -0.3 is 15.0 Å². The maximum absolute atomic E-state index is 5.52. The molecule has 4 rings (SSSR count). The van der Waals surface area contributed by atoms with E-state index >= 15 is 0 Å². The molecule has 1 aromatic carbocycles. The molecule has 2 heterocycles. The summed E-state index contributed by atoms with van der Waals surface area (Å²) in [5.41, 5.74) is 3.46. The molecule has 1 unspecified atom stereocenters. The number of rotatable bonds is 6. The summed E-state index contributed by atoms with van der Waals surface area (Å²) < 4.78 is 6.69. The molecule has 1 aromatic heterocycles. The molecule has 2 aliphatic rings. The Morgan fingerprint density at radius 1 is 1.32 bits per heavy atom. The fourth-order valence-electron chi connectivity index (χ4n) is 3.69. The van der Waals surface area contributed by atoms with Crippen molar-refractivity contribution in [1.29, 1.82) is 0 Å². The van der Waals surface area contributed by atoms with Crippen LogP contribution in [0.1, 0.15) is 37.8 Å². The fraction of sp³-hybridized carbons (Fsp3) is 0.526. The molecule has 0 bridgehead atoms. The molecule has 1 fully saturated rings. The first-order valence-electron chi connectivity index (χ1n) is 9.01. The van der Waals surface area contributed by atoms with Crippen LogP contribution >= 0.6 is 34.4 Å². The predicted molar refractivity (Wildman–Crippen MR) is 117 cm³/mol. The molecule has 0 spiro atoms. The van der Waals surface area contributed by atoms with Gasteiger partial charge in [0.15, 0.2) is 0 Å². The molecular formula is C19H24IN3OS. The lowest BCUT2D eigenvalue weighted by molar-refractivity contribution is 0.415. The minimum atomic E-state index is 0.467. The van der Waals surface area contributed by atoms with Gasteiger partial charge in [-0.3, -0.25) is 4.99 Å². The number of thioether (sulfide) groups is 1. The molecule has 25 heavy (non-hydrogen) atoms. The van der Waals surface area contributed by atoms with E-state index in [1.807, 2.05) is 11.8 Å². The Hall–Kier alpha value is -0.890. The Kier molecular flexibility index (Phi) is 5.45. The van der Waals surface area contributed by atoms with Crippen LogP contribution in [-0.2, 0) is 0 Å². The van der Waals surface area contributed by atoms with Crippen molar-refractivity contribution in [2.75, 3.05) is 22.6 Å². The highest BCUT2D eigenvalue weighted by molar-refractivity contribution is 14.1. The first kappa shape index (κ1) is 17.5. The summed E-state index contributed by atoms with van der Waals surface area (Å²) in [5, 5.41) is 6.07. The van der Waals surface area contributed by atoms with E-state index in [1.165, 1.54) is 47.4 Å². The van der Waals surface area contributed by atoms with Gasteiger partial charge in [-0.2, -0.15) is 0 Å². The van der Waals surface area contributed by atoms with Crippen molar-refractivity contribution in [3.8, 4) is 5.75 Å². The van der Waals surface area contributed by atoms with Crippen LogP contribution in [0, 0.1) is 0 Å². The molecule has 6 heteroatoms. The van der Waals surface area contributed by atoms with Crippen molar-refractivity contribution >= 4 is 56.0 Å². The molecule has 1 saturated carbocycles. The highest BCUT2D eigenvalue weighted by Crippen LogP contribution is 2.34. The Morgan fingerprint density at radius 2 is 2.16 bits per heavy atom. The number of aromatic amines is 1. The van der Waals surface area contributed by atoms with E-state index in [4.69, 9.17) is 9.73 Å². The molecule has 0 saturated heterocycles. The Morgan fingerprint density at radius 3 is 2.92 bits per heavy atom. The number of fused-ring (bicyclic) bond motifs is 1. The molecular weight excluding hydrogens is 445 g/mol. The number of hydrogen-bond donors (Lipinski definition) is 2. The topological polar surface area (TPSA) is 49.4 Å². The third-order valence-electron chi connectivity index (χ3n) is 5.04. The van der Waals surface area contributed by atoms with Crippen LogP contribution in [0.2, 0.25) is 0 Å². The first-order valence-corrected chi connectivity index (χ1v) is 11.5. The zero-order valence-corrected chi connectivity index (χ0v) is 17.5. The predicted octanol–water partition coefficient (Wildman–Crippen LogP) is 5.22. The summed E-state index contributed by atoms with van der Waals surface area (Å²) in [4.78, 5) is 8.53. The highest BCUT2D eigenvalue weighted by Gasteiger charge is 2.22. The molecule has 1 atom stereocenters. The zero-order chi connectivity index (χ0) is 17.2. The van der Waals surface area contributed by atoms with Gasteiger partial charge >= 0.3 is 0 Å². The molecule has 0 radical (unpaired) electrons. The minimum Gasteiger partial charge on any atom is -0.497 e. The second kappa shape index (κ2) is 7.78. The quantitative estimate of drug-likeness (QED) is 0.451. The number of nitrogens with one attached hydrogen (secondary N) is 2. The first-order chi connectivity index (χ1) is 12.3. The summed E-state index contributed by atoms with van der Waals surface area (Å²) in [6.07, 6.45) is 6.33. The van der Waals surface area contributed by atoms with E-state index in [1.54, 1.807) is 7.11 Å².